The highest BCUT2D eigenvalue weighted by Crippen LogP contribution is 2.28. The van der Waals surface area contributed by atoms with Gasteiger partial charge in [0.05, 0.1) is 6.61 Å². The molecule has 2 heterocycles. The zero-order chi connectivity index (χ0) is 15.4. The average Bonchev–Trinajstić information content (AvgIpc) is 2.72. The minimum absolute atomic E-state index is 0.0750. The number of aromatic nitrogens is 2. The summed E-state index contributed by atoms with van der Waals surface area (Å²) in [6, 6.07) is 1.41. The molecule has 0 saturated carbocycles. The fourth-order valence-corrected chi connectivity index (χ4v) is 2.10. The van der Waals surface area contributed by atoms with E-state index in [-0.39, 0.29) is 12.4 Å². The molecule has 6 N–H and O–H groups in total. The van der Waals surface area contributed by atoms with Crippen molar-refractivity contribution in [1.29, 1.82) is 0 Å². The van der Waals surface area contributed by atoms with E-state index in [2.05, 4.69) is 4.98 Å². The van der Waals surface area contributed by atoms with Crippen LogP contribution in [-0.4, -0.2) is 57.8 Å². The maximum Gasteiger partial charge on any atom is 0.351 e. The van der Waals surface area contributed by atoms with Crippen LogP contribution in [0.2, 0.25) is 0 Å². The predicted octanol–water partition coefficient (Wildman–Crippen LogP) is -2.19. The highest BCUT2D eigenvalue weighted by atomic mass is 16.6. The van der Waals surface area contributed by atoms with E-state index in [9.17, 15) is 15.0 Å². The highest BCUT2D eigenvalue weighted by molar-refractivity contribution is 5.23. The van der Waals surface area contributed by atoms with E-state index in [1.807, 2.05) is 0 Å². The quantitative estimate of drug-likeness (QED) is 0.433. The van der Waals surface area contributed by atoms with Crippen molar-refractivity contribution in [3.05, 3.63) is 22.7 Å². The van der Waals surface area contributed by atoms with E-state index < -0.39 is 30.2 Å². The number of anilines is 1. The van der Waals surface area contributed by atoms with Gasteiger partial charge in [0.15, 0.2) is 6.23 Å². The van der Waals surface area contributed by atoms with Crippen molar-refractivity contribution in [1.82, 2.24) is 9.55 Å². The van der Waals surface area contributed by atoms with Gasteiger partial charge >= 0.3 is 5.69 Å². The number of nitrogen functional groups attached to an aromatic ring is 1. The number of nitrogens with zero attached hydrogens (tertiary/aromatic N) is 2. The van der Waals surface area contributed by atoms with Crippen LogP contribution in [0.4, 0.5) is 5.82 Å². The number of hydrogen-bond acceptors (Lipinski definition) is 8. The van der Waals surface area contributed by atoms with Crippen molar-refractivity contribution in [2.75, 3.05) is 25.5 Å². The average molecular weight is 300 g/mol. The third kappa shape index (κ3) is 3.57. The molecule has 1 aromatic rings. The molecule has 118 valence electrons. The van der Waals surface area contributed by atoms with E-state index in [0.717, 1.165) is 4.57 Å². The monoisotopic (exact) mass is 300 g/mol. The fourth-order valence-electron chi connectivity index (χ4n) is 2.10. The standard InChI is InChI=1S/C12H20N4O5/c13-3-1-5-20-6-7-9(17)10(18)11(21-7)16-4-2-8(14)15-12(16)19/h2,4,7,9-11,17-18H,1,3,5-6,13H2,(H2,14,15,19)/t7-,9-,10-,11-/m1/s1. The van der Waals surface area contributed by atoms with E-state index in [1.165, 1.54) is 12.3 Å². The Bertz CT molecular complexity index is 523. The third-order valence-electron chi connectivity index (χ3n) is 3.24. The van der Waals surface area contributed by atoms with E-state index in [4.69, 9.17) is 20.9 Å². The van der Waals surface area contributed by atoms with Gasteiger partial charge in [-0.2, -0.15) is 4.98 Å². The van der Waals surface area contributed by atoms with Crippen LogP contribution in [0.1, 0.15) is 12.6 Å². The molecule has 1 aliphatic rings. The van der Waals surface area contributed by atoms with Gasteiger partial charge in [-0.15, -0.1) is 0 Å². The van der Waals surface area contributed by atoms with Crippen LogP contribution >= 0.6 is 0 Å². The lowest BCUT2D eigenvalue weighted by atomic mass is 10.1. The third-order valence-corrected chi connectivity index (χ3v) is 3.24. The lowest BCUT2D eigenvalue weighted by molar-refractivity contribution is -0.0683. The maximum absolute atomic E-state index is 11.7. The maximum atomic E-state index is 11.7. The first-order valence-electron chi connectivity index (χ1n) is 6.68. The Labute approximate surface area is 121 Å². The summed E-state index contributed by atoms with van der Waals surface area (Å²) in [6.45, 7) is 1.05. The van der Waals surface area contributed by atoms with Crippen LogP contribution in [-0.2, 0) is 9.47 Å². The van der Waals surface area contributed by atoms with Gasteiger partial charge in [0.2, 0.25) is 0 Å². The Morgan fingerprint density at radius 3 is 2.86 bits per heavy atom. The summed E-state index contributed by atoms with van der Waals surface area (Å²) in [5, 5.41) is 20.0. The van der Waals surface area contributed by atoms with Crippen molar-refractivity contribution in [2.24, 2.45) is 5.73 Å². The van der Waals surface area contributed by atoms with Gasteiger partial charge in [0.1, 0.15) is 24.1 Å². The van der Waals surface area contributed by atoms with Crippen LogP contribution < -0.4 is 17.2 Å². The van der Waals surface area contributed by atoms with Crippen LogP contribution in [0.15, 0.2) is 17.1 Å². The van der Waals surface area contributed by atoms with Gasteiger partial charge in [0.25, 0.3) is 0 Å². The molecule has 0 amide bonds. The molecule has 0 aliphatic carbocycles. The van der Waals surface area contributed by atoms with Crippen LogP contribution in [0.3, 0.4) is 0 Å². The summed E-state index contributed by atoms with van der Waals surface area (Å²) >= 11 is 0. The SMILES string of the molecule is NCCCOC[C@H]1O[C@@H](n2ccc(N)nc2=O)[C@H](O)[C@@H]1O. The molecule has 0 bridgehead atoms. The molecular weight excluding hydrogens is 280 g/mol. The van der Waals surface area contributed by atoms with E-state index in [1.54, 1.807) is 0 Å². The second-order valence-corrected chi connectivity index (χ2v) is 4.81. The Morgan fingerprint density at radius 2 is 2.19 bits per heavy atom. The molecule has 0 unspecified atom stereocenters. The summed E-state index contributed by atoms with van der Waals surface area (Å²) in [7, 11) is 0. The minimum atomic E-state index is -1.25. The van der Waals surface area contributed by atoms with E-state index in [0.29, 0.717) is 19.6 Å². The zero-order valence-electron chi connectivity index (χ0n) is 11.5. The Morgan fingerprint density at radius 1 is 1.43 bits per heavy atom. The summed E-state index contributed by atoms with van der Waals surface area (Å²) in [5.74, 6) is 0.0750. The molecule has 0 spiro atoms. The van der Waals surface area contributed by atoms with Crippen molar-refractivity contribution >= 4 is 5.82 Å². The molecule has 1 saturated heterocycles. The lowest BCUT2D eigenvalue weighted by Crippen LogP contribution is -2.36. The van der Waals surface area contributed by atoms with Crippen molar-refractivity contribution in [2.45, 2.75) is 31.0 Å². The lowest BCUT2D eigenvalue weighted by Gasteiger charge is -2.16. The zero-order valence-corrected chi connectivity index (χ0v) is 11.5. The van der Waals surface area contributed by atoms with Gasteiger partial charge in [-0.1, -0.05) is 0 Å². The molecule has 9 heteroatoms. The molecule has 1 aromatic heterocycles. The van der Waals surface area contributed by atoms with E-state index >= 15 is 0 Å². The normalized spacial score (nSPS) is 28.9. The summed E-state index contributed by atoms with van der Waals surface area (Å²) in [4.78, 5) is 15.3. The second kappa shape index (κ2) is 6.96. The molecule has 0 aromatic carbocycles. The first kappa shape index (κ1) is 15.9. The molecular formula is C12H20N4O5. The van der Waals surface area contributed by atoms with Crippen LogP contribution in [0, 0.1) is 0 Å². The smallest absolute Gasteiger partial charge is 0.351 e. The molecule has 1 fully saturated rings. The fraction of sp³-hybridized carbons (Fsp3) is 0.667. The number of aliphatic hydroxyl groups is 2. The number of aliphatic hydroxyl groups excluding tert-OH is 2. The molecule has 2 rings (SSSR count). The summed E-state index contributed by atoms with van der Waals surface area (Å²) in [5.41, 5.74) is 10.1. The van der Waals surface area contributed by atoms with Gasteiger partial charge in [-0.3, -0.25) is 4.57 Å². The Balaban J connectivity index is 2.03. The molecule has 4 atom stereocenters. The van der Waals surface area contributed by atoms with Gasteiger partial charge in [-0.05, 0) is 19.0 Å². The minimum Gasteiger partial charge on any atom is -0.387 e. The van der Waals surface area contributed by atoms with Crippen molar-refractivity contribution in [3.63, 3.8) is 0 Å². The first-order valence-corrected chi connectivity index (χ1v) is 6.68. The van der Waals surface area contributed by atoms with Gasteiger partial charge in [0, 0.05) is 12.8 Å². The molecule has 0 radical (unpaired) electrons. The predicted molar refractivity (Wildman–Crippen MR) is 73.3 cm³/mol. The molecule has 9 nitrogen and oxygen atoms in total. The largest absolute Gasteiger partial charge is 0.387 e. The molecule has 1 aliphatic heterocycles. The Hall–Kier alpha value is -1.52. The number of rotatable bonds is 6. The van der Waals surface area contributed by atoms with Gasteiger partial charge < -0.3 is 31.2 Å². The first-order chi connectivity index (χ1) is 10.0. The van der Waals surface area contributed by atoms with Crippen molar-refractivity contribution in [3.8, 4) is 0 Å². The highest BCUT2D eigenvalue weighted by Gasteiger charge is 2.44. The topological polar surface area (TPSA) is 146 Å². The number of ether oxygens (including phenoxy) is 2. The molecule has 21 heavy (non-hydrogen) atoms. The van der Waals surface area contributed by atoms with Crippen molar-refractivity contribution < 1.29 is 19.7 Å². The number of hydrogen-bond donors (Lipinski definition) is 4. The second-order valence-electron chi connectivity index (χ2n) is 4.81. The van der Waals surface area contributed by atoms with Crippen LogP contribution in [0.5, 0.6) is 0 Å². The summed E-state index contributed by atoms with van der Waals surface area (Å²) in [6.07, 6.45) is -2.11. The Kier molecular flexibility index (Phi) is 5.26. The van der Waals surface area contributed by atoms with Gasteiger partial charge in [-0.25, -0.2) is 4.79 Å². The van der Waals surface area contributed by atoms with Crippen LogP contribution in [0.25, 0.3) is 0 Å². The summed E-state index contributed by atoms with van der Waals surface area (Å²) < 4.78 is 11.9. The number of nitrogens with two attached hydrogens (primary N) is 2.